The fraction of sp³-hybridized carbons (Fsp3) is 0.500. The molecule has 0 unspecified atom stereocenters. The lowest BCUT2D eigenvalue weighted by Gasteiger charge is -2.18. The highest BCUT2D eigenvalue weighted by Gasteiger charge is 2.38. The summed E-state index contributed by atoms with van der Waals surface area (Å²) in [6, 6.07) is -0.562. The van der Waals surface area contributed by atoms with Gasteiger partial charge in [-0.1, -0.05) is 15.9 Å². The Kier molecular flexibility index (Phi) is 6.55. The summed E-state index contributed by atoms with van der Waals surface area (Å²) in [6.45, 7) is 0.999. The van der Waals surface area contributed by atoms with E-state index in [0.717, 1.165) is 6.26 Å². The zero-order chi connectivity index (χ0) is 19.5. The second-order valence-electron chi connectivity index (χ2n) is 5.70. The van der Waals surface area contributed by atoms with Gasteiger partial charge in [0, 0.05) is 19.5 Å². The Labute approximate surface area is 157 Å². The predicted molar refractivity (Wildman–Crippen MR) is 96.2 cm³/mol. The molecule has 0 aliphatic carbocycles. The number of nitrogens with one attached hydrogen (secondary N) is 2. The largest absolute Gasteiger partial charge is 0.351 e. The molecule has 1 aromatic heterocycles. The van der Waals surface area contributed by atoms with Gasteiger partial charge in [-0.15, -0.1) is 0 Å². The van der Waals surface area contributed by atoms with Crippen molar-refractivity contribution in [1.82, 2.24) is 14.9 Å². The molecule has 3 atom stereocenters. The highest BCUT2D eigenvalue weighted by Crippen LogP contribution is 2.28. The molecule has 1 amide bonds. The van der Waals surface area contributed by atoms with Crippen LogP contribution >= 0.6 is 15.9 Å². The standard InChI is InChI=1S/C14H18BrN3O7S/c1-8(19)16-10-5-12(25-11(10)7-24-26(2,22)23)18-6-9(3-4-15)13(20)17-14(18)21/h3-4,6,10-12H,5,7H2,1-2H3,(H,16,19)(H,17,20,21)/t10-,11+,12+/m0/s1. The molecule has 1 aromatic rings. The van der Waals surface area contributed by atoms with E-state index < -0.39 is 39.7 Å². The third kappa shape index (κ3) is 5.37. The molecule has 0 radical (unpaired) electrons. The van der Waals surface area contributed by atoms with Gasteiger partial charge in [-0.2, -0.15) is 8.42 Å². The number of amides is 1. The lowest BCUT2D eigenvalue weighted by Crippen LogP contribution is -2.41. The van der Waals surface area contributed by atoms with Gasteiger partial charge in [0.25, 0.3) is 15.7 Å². The van der Waals surface area contributed by atoms with Crippen LogP contribution in [0.2, 0.25) is 0 Å². The van der Waals surface area contributed by atoms with Crippen LogP contribution in [0.3, 0.4) is 0 Å². The number of nitrogens with zero attached hydrogens (tertiary/aromatic N) is 1. The van der Waals surface area contributed by atoms with E-state index in [1.54, 1.807) is 0 Å². The van der Waals surface area contributed by atoms with E-state index in [1.165, 1.54) is 28.7 Å². The van der Waals surface area contributed by atoms with Gasteiger partial charge >= 0.3 is 5.69 Å². The zero-order valence-electron chi connectivity index (χ0n) is 14.0. The average Bonchev–Trinajstić information content (AvgIpc) is 2.89. The highest BCUT2D eigenvalue weighted by atomic mass is 79.9. The van der Waals surface area contributed by atoms with Gasteiger partial charge in [-0.25, -0.2) is 4.79 Å². The van der Waals surface area contributed by atoms with E-state index in [9.17, 15) is 22.8 Å². The summed E-state index contributed by atoms with van der Waals surface area (Å²) in [7, 11) is -3.70. The average molecular weight is 452 g/mol. The molecule has 1 saturated heterocycles. The Hall–Kier alpha value is -1.76. The zero-order valence-corrected chi connectivity index (χ0v) is 16.4. The van der Waals surface area contributed by atoms with E-state index >= 15 is 0 Å². The van der Waals surface area contributed by atoms with Gasteiger partial charge in [0.15, 0.2) is 0 Å². The first-order valence-electron chi connectivity index (χ1n) is 7.50. The summed E-state index contributed by atoms with van der Waals surface area (Å²) in [5.41, 5.74) is -1.02. The Bertz CT molecular complexity index is 921. The summed E-state index contributed by atoms with van der Waals surface area (Å²) < 4.78 is 34.1. The van der Waals surface area contributed by atoms with Crippen LogP contribution in [0.25, 0.3) is 6.08 Å². The van der Waals surface area contributed by atoms with Crippen molar-refractivity contribution in [3.05, 3.63) is 37.6 Å². The van der Waals surface area contributed by atoms with Crippen LogP contribution < -0.4 is 16.6 Å². The minimum absolute atomic E-state index is 0.195. The summed E-state index contributed by atoms with van der Waals surface area (Å²) in [6.07, 6.45) is 2.28. The molecule has 1 fully saturated rings. The molecule has 1 aliphatic rings. The molecule has 0 saturated carbocycles. The molecule has 10 nitrogen and oxygen atoms in total. The van der Waals surface area contributed by atoms with E-state index in [2.05, 4.69) is 26.2 Å². The van der Waals surface area contributed by atoms with Crippen LogP contribution in [0, 0.1) is 0 Å². The van der Waals surface area contributed by atoms with Crippen molar-refractivity contribution in [2.45, 2.75) is 31.7 Å². The highest BCUT2D eigenvalue weighted by molar-refractivity contribution is 9.11. The number of aromatic nitrogens is 2. The van der Waals surface area contributed by atoms with Crippen molar-refractivity contribution in [2.75, 3.05) is 12.9 Å². The van der Waals surface area contributed by atoms with Crippen molar-refractivity contribution in [3.8, 4) is 0 Å². The number of rotatable bonds is 6. The van der Waals surface area contributed by atoms with E-state index in [-0.39, 0.29) is 24.5 Å². The number of ether oxygens (including phenoxy) is 1. The van der Waals surface area contributed by atoms with Crippen LogP contribution in [0.4, 0.5) is 0 Å². The lowest BCUT2D eigenvalue weighted by atomic mass is 10.1. The van der Waals surface area contributed by atoms with Crippen LogP contribution in [0.5, 0.6) is 0 Å². The van der Waals surface area contributed by atoms with Crippen LogP contribution in [0.1, 0.15) is 25.1 Å². The van der Waals surface area contributed by atoms with Crippen molar-refractivity contribution in [1.29, 1.82) is 0 Å². The van der Waals surface area contributed by atoms with Gasteiger partial charge in [0.05, 0.1) is 24.5 Å². The molecule has 0 spiro atoms. The quantitative estimate of drug-likeness (QED) is 0.564. The van der Waals surface area contributed by atoms with Crippen LogP contribution in [-0.4, -0.2) is 48.9 Å². The Morgan fingerprint density at radius 3 is 2.81 bits per heavy atom. The van der Waals surface area contributed by atoms with Crippen molar-refractivity contribution >= 4 is 38.0 Å². The molecule has 2 heterocycles. The van der Waals surface area contributed by atoms with E-state index in [0.29, 0.717) is 0 Å². The van der Waals surface area contributed by atoms with Gasteiger partial charge in [0.2, 0.25) is 5.91 Å². The monoisotopic (exact) mass is 451 g/mol. The lowest BCUT2D eigenvalue weighted by molar-refractivity contribution is -0.120. The number of hydrogen-bond donors (Lipinski definition) is 2. The molecule has 0 aromatic carbocycles. The molecule has 2 rings (SSSR count). The maximum atomic E-state index is 12.1. The Morgan fingerprint density at radius 1 is 1.54 bits per heavy atom. The number of halogens is 1. The first-order chi connectivity index (χ1) is 12.1. The Balaban J connectivity index is 2.30. The SMILES string of the molecule is CC(=O)N[C@H]1C[C@H](n2cc(C=CBr)c(=O)[nH]c2=O)O[C@@H]1COS(C)(=O)=O. The summed E-state index contributed by atoms with van der Waals surface area (Å²) in [5.74, 6) is -0.333. The first-order valence-corrected chi connectivity index (χ1v) is 10.2. The van der Waals surface area contributed by atoms with Crippen molar-refractivity contribution < 1.29 is 22.1 Å². The third-order valence-corrected chi connectivity index (χ3v) is 4.45. The normalized spacial score (nSPS) is 23.4. The molecule has 144 valence electrons. The molecule has 26 heavy (non-hydrogen) atoms. The van der Waals surface area contributed by atoms with Crippen LogP contribution in [-0.2, 0) is 23.8 Å². The molecule has 12 heteroatoms. The minimum Gasteiger partial charge on any atom is -0.351 e. The maximum Gasteiger partial charge on any atom is 0.330 e. The van der Waals surface area contributed by atoms with Gasteiger partial charge in [-0.05, 0) is 11.1 Å². The number of carbonyl (C=O) groups is 1. The van der Waals surface area contributed by atoms with Gasteiger partial charge in [0.1, 0.15) is 12.3 Å². The summed E-state index contributed by atoms with van der Waals surface area (Å²) >= 11 is 3.06. The maximum absolute atomic E-state index is 12.1. The molecule has 1 aliphatic heterocycles. The molecule has 0 bridgehead atoms. The minimum atomic E-state index is -3.70. The van der Waals surface area contributed by atoms with Crippen molar-refractivity contribution in [2.24, 2.45) is 0 Å². The van der Waals surface area contributed by atoms with Crippen molar-refractivity contribution in [3.63, 3.8) is 0 Å². The molecule has 2 N–H and O–H groups in total. The molecular formula is C14H18BrN3O7S. The number of aromatic amines is 1. The van der Waals surface area contributed by atoms with Gasteiger partial charge < -0.3 is 10.1 Å². The predicted octanol–water partition coefficient (Wildman–Crippen LogP) is -0.329. The fourth-order valence-corrected chi connectivity index (χ4v) is 3.23. The number of carbonyl (C=O) groups excluding carboxylic acids is 1. The molecular weight excluding hydrogens is 434 g/mol. The summed E-state index contributed by atoms with van der Waals surface area (Å²) in [5, 5.41) is 2.65. The third-order valence-electron chi connectivity index (χ3n) is 3.62. The van der Waals surface area contributed by atoms with Crippen LogP contribution in [0.15, 0.2) is 20.8 Å². The van der Waals surface area contributed by atoms with E-state index in [1.807, 2.05) is 0 Å². The number of hydrogen-bond acceptors (Lipinski definition) is 7. The smallest absolute Gasteiger partial charge is 0.330 e. The summed E-state index contributed by atoms with van der Waals surface area (Å²) in [4.78, 5) is 38.9. The van der Waals surface area contributed by atoms with E-state index in [4.69, 9.17) is 8.92 Å². The number of H-pyrrole nitrogens is 1. The fourth-order valence-electron chi connectivity index (χ4n) is 2.56. The second kappa shape index (κ2) is 8.29. The topological polar surface area (TPSA) is 137 Å². The van der Waals surface area contributed by atoms with Gasteiger partial charge in [-0.3, -0.25) is 23.3 Å². The Morgan fingerprint density at radius 2 is 2.23 bits per heavy atom. The first kappa shape index (κ1) is 20.6. The second-order valence-corrected chi connectivity index (χ2v) is 7.88.